The largest absolute Gasteiger partial charge is 0.322 e. The molecule has 0 aliphatic carbocycles. The zero-order valence-electron chi connectivity index (χ0n) is 10.8. The maximum atomic E-state index is 12.0. The van der Waals surface area contributed by atoms with Gasteiger partial charge >= 0.3 is 0 Å². The Labute approximate surface area is 128 Å². The minimum absolute atomic E-state index is 0.226. The van der Waals surface area contributed by atoms with E-state index in [0.717, 1.165) is 5.69 Å². The van der Waals surface area contributed by atoms with Gasteiger partial charge in [0.25, 0.3) is 5.91 Å². The molecule has 2 rings (SSSR count). The van der Waals surface area contributed by atoms with Crippen molar-refractivity contribution in [3.63, 3.8) is 0 Å². The standard InChI is InChI=1S/C15H13ClN2OS/c1-18(13-9-7-12(16)8-10-13)15(20)17-14(19)11-5-3-2-4-6-11/h2-10H,1H3,(H,17,19,20). The number of carbonyl (C=O) groups is 1. The van der Waals surface area contributed by atoms with E-state index in [1.165, 1.54) is 0 Å². The number of nitrogens with zero attached hydrogens (tertiary/aromatic N) is 1. The summed E-state index contributed by atoms with van der Waals surface area (Å²) in [6.45, 7) is 0. The van der Waals surface area contributed by atoms with Gasteiger partial charge in [0.1, 0.15) is 0 Å². The van der Waals surface area contributed by atoms with Gasteiger partial charge in [-0.05, 0) is 48.6 Å². The number of anilines is 1. The van der Waals surface area contributed by atoms with Crippen LogP contribution in [0.15, 0.2) is 54.6 Å². The maximum absolute atomic E-state index is 12.0. The summed E-state index contributed by atoms with van der Waals surface area (Å²) in [6, 6.07) is 16.2. The Hall–Kier alpha value is -1.91. The second-order valence-electron chi connectivity index (χ2n) is 4.16. The fourth-order valence-corrected chi connectivity index (χ4v) is 1.95. The van der Waals surface area contributed by atoms with E-state index in [1.807, 2.05) is 18.2 Å². The van der Waals surface area contributed by atoms with Crippen molar-refractivity contribution in [2.75, 3.05) is 11.9 Å². The van der Waals surface area contributed by atoms with Gasteiger partial charge in [-0.15, -0.1) is 0 Å². The van der Waals surface area contributed by atoms with E-state index in [9.17, 15) is 4.79 Å². The minimum Gasteiger partial charge on any atom is -0.322 e. The Morgan fingerprint density at radius 1 is 1.10 bits per heavy atom. The molecule has 2 aromatic carbocycles. The molecule has 20 heavy (non-hydrogen) atoms. The molecule has 0 radical (unpaired) electrons. The van der Waals surface area contributed by atoms with E-state index in [1.54, 1.807) is 48.3 Å². The summed E-state index contributed by atoms with van der Waals surface area (Å²) in [6.07, 6.45) is 0. The van der Waals surface area contributed by atoms with Crippen molar-refractivity contribution in [1.82, 2.24) is 5.32 Å². The van der Waals surface area contributed by atoms with Crippen molar-refractivity contribution in [2.24, 2.45) is 0 Å². The number of carbonyl (C=O) groups excluding carboxylic acids is 1. The van der Waals surface area contributed by atoms with E-state index in [4.69, 9.17) is 23.8 Å². The second kappa shape index (κ2) is 6.50. The summed E-state index contributed by atoms with van der Waals surface area (Å²) < 4.78 is 0. The third-order valence-corrected chi connectivity index (χ3v) is 3.40. The Kier molecular flexibility index (Phi) is 4.71. The van der Waals surface area contributed by atoms with Crippen LogP contribution in [0.4, 0.5) is 5.69 Å². The van der Waals surface area contributed by atoms with Gasteiger partial charge in [0.15, 0.2) is 5.11 Å². The first-order valence-corrected chi connectivity index (χ1v) is 6.76. The van der Waals surface area contributed by atoms with E-state index < -0.39 is 0 Å². The molecular weight excluding hydrogens is 292 g/mol. The summed E-state index contributed by atoms with van der Waals surface area (Å²) in [5.74, 6) is -0.226. The fourth-order valence-electron chi connectivity index (χ4n) is 1.62. The number of rotatable bonds is 2. The van der Waals surface area contributed by atoms with Crippen LogP contribution in [0, 0.1) is 0 Å². The Bertz CT molecular complexity index is 614. The van der Waals surface area contributed by atoms with Gasteiger partial charge < -0.3 is 4.90 Å². The fraction of sp³-hybridized carbons (Fsp3) is 0.0667. The van der Waals surface area contributed by atoms with Gasteiger partial charge in [0, 0.05) is 23.3 Å². The highest BCUT2D eigenvalue weighted by atomic mass is 35.5. The molecule has 0 aliphatic heterocycles. The predicted molar refractivity (Wildman–Crippen MR) is 86.4 cm³/mol. The molecule has 0 saturated heterocycles. The monoisotopic (exact) mass is 304 g/mol. The summed E-state index contributed by atoms with van der Waals surface area (Å²) in [5.41, 5.74) is 1.42. The van der Waals surface area contributed by atoms with Crippen molar-refractivity contribution < 1.29 is 4.79 Å². The van der Waals surface area contributed by atoms with Gasteiger partial charge in [0.05, 0.1) is 0 Å². The van der Waals surface area contributed by atoms with Gasteiger partial charge in [-0.3, -0.25) is 10.1 Å². The van der Waals surface area contributed by atoms with Crippen LogP contribution < -0.4 is 10.2 Å². The molecule has 0 fully saturated rings. The number of amides is 1. The molecule has 2 aromatic rings. The molecule has 0 aliphatic rings. The van der Waals surface area contributed by atoms with Crippen LogP contribution in [0.3, 0.4) is 0 Å². The Morgan fingerprint density at radius 2 is 1.70 bits per heavy atom. The van der Waals surface area contributed by atoms with Crippen LogP contribution >= 0.6 is 23.8 Å². The van der Waals surface area contributed by atoms with Gasteiger partial charge in [-0.25, -0.2) is 0 Å². The van der Waals surface area contributed by atoms with E-state index >= 15 is 0 Å². The molecule has 5 heteroatoms. The summed E-state index contributed by atoms with van der Waals surface area (Å²) in [7, 11) is 1.79. The lowest BCUT2D eigenvalue weighted by Crippen LogP contribution is -2.40. The molecule has 0 spiro atoms. The van der Waals surface area contributed by atoms with Crippen LogP contribution in [-0.4, -0.2) is 18.1 Å². The van der Waals surface area contributed by atoms with Crippen LogP contribution in [0.1, 0.15) is 10.4 Å². The first-order valence-electron chi connectivity index (χ1n) is 5.97. The molecule has 1 N–H and O–H groups in total. The number of hydrogen-bond acceptors (Lipinski definition) is 2. The average Bonchev–Trinajstić information content (AvgIpc) is 2.48. The van der Waals surface area contributed by atoms with Crippen LogP contribution in [0.25, 0.3) is 0 Å². The second-order valence-corrected chi connectivity index (χ2v) is 4.98. The van der Waals surface area contributed by atoms with Gasteiger partial charge in [0.2, 0.25) is 0 Å². The first-order chi connectivity index (χ1) is 9.58. The third kappa shape index (κ3) is 3.56. The highest BCUT2D eigenvalue weighted by Gasteiger charge is 2.11. The quantitative estimate of drug-likeness (QED) is 0.862. The number of benzene rings is 2. The molecule has 0 unspecified atom stereocenters. The minimum atomic E-state index is -0.226. The molecule has 102 valence electrons. The van der Waals surface area contributed by atoms with E-state index in [-0.39, 0.29) is 5.91 Å². The molecule has 0 saturated carbocycles. The van der Waals surface area contributed by atoms with Crippen molar-refractivity contribution in [1.29, 1.82) is 0 Å². The molecular formula is C15H13ClN2OS. The van der Waals surface area contributed by atoms with Crippen molar-refractivity contribution in [3.8, 4) is 0 Å². The molecule has 1 amide bonds. The van der Waals surface area contributed by atoms with Crippen molar-refractivity contribution in [2.45, 2.75) is 0 Å². The maximum Gasteiger partial charge on any atom is 0.257 e. The van der Waals surface area contributed by atoms with Crippen molar-refractivity contribution >= 4 is 40.5 Å². The molecule has 0 heterocycles. The van der Waals surface area contributed by atoms with Crippen molar-refractivity contribution in [3.05, 3.63) is 65.2 Å². The number of hydrogen-bond donors (Lipinski definition) is 1. The first kappa shape index (κ1) is 14.5. The highest BCUT2D eigenvalue weighted by Crippen LogP contribution is 2.16. The van der Waals surface area contributed by atoms with Gasteiger partial charge in [-0.1, -0.05) is 29.8 Å². The lowest BCUT2D eigenvalue weighted by molar-refractivity contribution is 0.0977. The number of thiocarbonyl (C=S) groups is 1. The summed E-state index contributed by atoms with van der Waals surface area (Å²) >= 11 is 11.1. The lowest BCUT2D eigenvalue weighted by Gasteiger charge is -2.20. The lowest BCUT2D eigenvalue weighted by atomic mass is 10.2. The molecule has 0 atom stereocenters. The van der Waals surface area contributed by atoms with E-state index in [0.29, 0.717) is 15.7 Å². The molecule has 3 nitrogen and oxygen atoms in total. The summed E-state index contributed by atoms with van der Waals surface area (Å²) in [5, 5.41) is 3.68. The number of nitrogens with one attached hydrogen (secondary N) is 1. The SMILES string of the molecule is CN(C(=S)NC(=O)c1ccccc1)c1ccc(Cl)cc1. The zero-order chi connectivity index (χ0) is 14.5. The summed E-state index contributed by atoms with van der Waals surface area (Å²) in [4.78, 5) is 13.7. The van der Waals surface area contributed by atoms with Crippen LogP contribution in [0.5, 0.6) is 0 Å². The predicted octanol–water partition coefficient (Wildman–Crippen LogP) is 3.49. The van der Waals surface area contributed by atoms with E-state index in [2.05, 4.69) is 5.32 Å². The number of halogens is 1. The normalized spacial score (nSPS) is 9.90. The Balaban J connectivity index is 2.05. The zero-order valence-corrected chi connectivity index (χ0v) is 12.4. The highest BCUT2D eigenvalue weighted by molar-refractivity contribution is 7.80. The molecule has 0 bridgehead atoms. The van der Waals surface area contributed by atoms with Crippen LogP contribution in [0.2, 0.25) is 5.02 Å². The average molecular weight is 305 g/mol. The third-order valence-electron chi connectivity index (χ3n) is 2.78. The molecule has 0 aromatic heterocycles. The topological polar surface area (TPSA) is 32.3 Å². The van der Waals surface area contributed by atoms with Gasteiger partial charge in [-0.2, -0.15) is 0 Å². The van der Waals surface area contributed by atoms with Crippen LogP contribution in [-0.2, 0) is 0 Å². The Morgan fingerprint density at radius 3 is 2.30 bits per heavy atom. The smallest absolute Gasteiger partial charge is 0.257 e.